The number of fused-ring (bicyclic) bond motifs is 1. The maximum Gasteiger partial charge on any atom is 0.275 e. The number of hydrogen-bond acceptors (Lipinski definition) is 5. The number of rotatable bonds is 3. The molecule has 1 saturated heterocycles. The van der Waals surface area contributed by atoms with Crippen LogP contribution < -0.4 is 4.90 Å². The van der Waals surface area contributed by atoms with Crippen LogP contribution >= 0.6 is 0 Å². The van der Waals surface area contributed by atoms with Crippen molar-refractivity contribution < 1.29 is 14.0 Å². The van der Waals surface area contributed by atoms with E-state index in [1.165, 1.54) is 12.1 Å². The van der Waals surface area contributed by atoms with Crippen molar-refractivity contribution in [2.45, 2.75) is 52.5 Å². The van der Waals surface area contributed by atoms with E-state index >= 15 is 0 Å². The highest BCUT2D eigenvalue weighted by Gasteiger charge is 2.46. The van der Waals surface area contributed by atoms with Crippen LogP contribution in [0.2, 0.25) is 0 Å². The SMILES string of the molecule is Cc1nc(N2CCN(C(=O)c3cn4nc(-c5ccc(F)cc5)cc(C(C)(C)C)c4n3)C(C)(C)C2=O)c[nH]1. The number of carbonyl (C=O) groups is 2. The zero-order valence-corrected chi connectivity index (χ0v) is 21.8. The van der Waals surface area contributed by atoms with Gasteiger partial charge in [-0.25, -0.2) is 18.9 Å². The molecule has 192 valence electrons. The number of anilines is 1. The third-order valence-corrected chi connectivity index (χ3v) is 6.80. The zero-order chi connectivity index (χ0) is 26.7. The lowest BCUT2D eigenvalue weighted by Crippen LogP contribution is -2.65. The molecular formula is C27H30FN7O2. The first-order valence-corrected chi connectivity index (χ1v) is 12.2. The maximum atomic E-state index is 13.7. The summed E-state index contributed by atoms with van der Waals surface area (Å²) in [6, 6.07) is 8.07. The Hall–Kier alpha value is -4.08. The summed E-state index contributed by atoms with van der Waals surface area (Å²) in [5, 5.41) is 4.68. The number of benzene rings is 1. The van der Waals surface area contributed by atoms with Crippen LogP contribution in [0.4, 0.5) is 10.2 Å². The molecule has 0 spiro atoms. The van der Waals surface area contributed by atoms with Gasteiger partial charge in [0.25, 0.3) is 11.8 Å². The average Bonchev–Trinajstić information content (AvgIpc) is 3.45. The number of halogens is 1. The van der Waals surface area contributed by atoms with Gasteiger partial charge in [-0.1, -0.05) is 20.8 Å². The van der Waals surface area contributed by atoms with Gasteiger partial charge in [0.05, 0.1) is 11.9 Å². The fourth-order valence-electron chi connectivity index (χ4n) is 4.68. The molecule has 3 aromatic heterocycles. The Morgan fingerprint density at radius 2 is 1.81 bits per heavy atom. The zero-order valence-electron chi connectivity index (χ0n) is 21.8. The minimum Gasteiger partial charge on any atom is -0.347 e. The van der Waals surface area contributed by atoms with Gasteiger partial charge in [-0.3, -0.25) is 14.5 Å². The molecule has 1 N–H and O–H groups in total. The van der Waals surface area contributed by atoms with Crippen molar-refractivity contribution in [2.75, 3.05) is 18.0 Å². The number of H-pyrrole nitrogens is 1. The van der Waals surface area contributed by atoms with Crippen molar-refractivity contribution >= 4 is 23.3 Å². The summed E-state index contributed by atoms with van der Waals surface area (Å²) in [7, 11) is 0. The van der Waals surface area contributed by atoms with Gasteiger partial charge >= 0.3 is 0 Å². The second kappa shape index (κ2) is 8.50. The molecule has 4 aromatic rings. The van der Waals surface area contributed by atoms with Crippen LogP contribution in [0, 0.1) is 12.7 Å². The van der Waals surface area contributed by atoms with Crippen molar-refractivity contribution in [3.05, 3.63) is 65.6 Å². The number of carbonyl (C=O) groups excluding carboxylic acids is 2. The second-order valence-corrected chi connectivity index (χ2v) is 10.9. The van der Waals surface area contributed by atoms with Crippen molar-refractivity contribution in [3.8, 4) is 11.3 Å². The van der Waals surface area contributed by atoms with E-state index in [1.807, 2.05) is 13.0 Å². The Kier molecular flexibility index (Phi) is 5.65. The van der Waals surface area contributed by atoms with Crippen LogP contribution in [0.3, 0.4) is 0 Å². The lowest BCUT2D eigenvalue weighted by atomic mass is 9.87. The number of hydrogen-bond donors (Lipinski definition) is 1. The summed E-state index contributed by atoms with van der Waals surface area (Å²) < 4.78 is 15.1. The van der Waals surface area contributed by atoms with Gasteiger partial charge in [-0.15, -0.1) is 0 Å². The minimum atomic E-state index is -1.10. The Bertz CT molecular complexity index is 1510. The first-order chi connectivity index (χ1) is 17.4. The van der Waals surface area contributed by atoms with E-state index in [-0.39, 0.29) is 28.7 Å². The van der Waals surface area contributed by atoms with Crippen LogP contribution in [0.15, 0.2) is 42.7 Å². The van der Waals surface area contributed by atoms with Crippen LogP contribution in [-0.4, -0.2) is 59.9 Å². The van der Waals surface area contributed by atoms with E-state index < -0.39 is 5.54 Å². The number of piperazine rings is 1. The predicted octanol–water partition coefficient (Wildman–Crippen LogP) is 4.13. The number of imidazole rings is 2. The van der Waals surface area contributed by atoms with E-state index in [1.54, 1.807) is 52.7 Å². The van der Waals surface area contributed by atoms with Gasteiger partial charge in [0.2, 0.25) is 0 Å². The van der Waals surface area contributed by atoms with Crippen molar-refractivity contribution in [1.29, 1.82) is 0 Å². The molecule has 0 saturated carbocycles. The average molecular weight is 504 g/mol. The molecule has 0 radical (unpaired) electrons. The number of nitrogens with zero attached hydrogens (tertiary/aromatic N) is 6. The second-order valence-electron chi connectivity index (χ2n) is 10.9. The molecule has 0 atom stereocenters. The molecule has 2 amide bonds. The third-order valence-electron chi connectivity index (χ3n) is 6.80. The smallest absolute Gasteiger partial charge is 0.275 e. The highest BCUT2D eigenvalue weighted by Crippen LogP contribution is 2.31. The van der Waals surface area contributed by atoms with Gasteiger partial charge in [-0.05, 0) is 56.5 Å². The summed E-state index contributed by atoms with van der Waals surface area (Å²) in [4.78, 5) is 42.3. The van der Waals surface area contributed by atoms with Crippen molar-refractivity contribution in [3.63, 3.8) is 0 Å². The quantitative estimate of drug-likeness (QED) is 0.453. The number of nitrogens with one attached hydrogen (secondary N) is 1. The molecule has 5 rings (SSSR count). The van der Waals surface area contributed by atoms with E-state index in [2.05, 4.69) is 40.8 Å². The molecular weight excluding hydrogens is 473 g/mol. The van der Waals surface area contributed by atoms with E-state index in [9.17, 15) is 14.0 Å². The minimum absolute atomic E-state index is 0.208. The third kappa shape index (κ3) is 4.26. The number of aromatic nitrogens is 5. The van der Waals surface area contributed by atoms with Crippen molar-refractivity contribution in [2.24, 2.45) is 0 Å². The van der Waals surface area contributed by atoms with Gasteiger partial charge < -0.3 is 9.88 Å². The summed E-state index contributed by atoms with van der Waals surface area (Å²) in [5.74, 6) is 0.379. The number of amides is 2. The van der Waals surface area contributed by atoms with Gasteiger partial charge in [0.15, 0.2) is 11.5 Å². The predicted molar refractivity (Wildman–Crippen MR) is 138 cm³/mol. The monoisotopic (exact) mass is 503 g/mol. The molecule has 10 heteroatoms. The molecule has 9 nitrogen and oxygen atoms in total. The normalized spacial score (nSPS) is 16.0. The molecule has 1 fully saturated rings. The molecule has 1 aromatic carbocycles. The molecule has 37 heavy (non-hydrogen) atoms. The lowest BCUT2D eigenvalue weighted by Gasteiger charge is -2.44. The number of aromatic amines is 1. The maximum absolute atomic E-state index is 13.7. The van der Waals surface area contributed by atoms with Crippen LogP contribution in [0.1, 0.15) is 56.5 Å². The Morgan fingerprint density at radius 3 is 2.43 bits per heavy atom. The van der Waals surface area contributed by atoms with E-state index in [0.29, 0.717) is 36.1 Å². The molecule has 0 aliphatic carbocycles. The van der Waals surface area contributed by atoms with Gasteiger partial charge in [0.1, 0.15) is 22.9 Å². The standard InChI is InChI=1S/C27H30FN7O2/c1-16-29-14-22(30-16)33-11-12-34(27(5,6)25(33)37)24(36)21-15-35-23(31-21)19(26(2,3)4)13-20(32-35)17-7-9-18(28)10-8-17/h7-10,13-15H,11-12H2,1-6H3,(H,29,30). The fraction of sp³-hybridized carbons (Fsp3) is 0.370. The highest BCUT2D eigenvalue weighted by atomic mass is 19.1. The van der Waals surface area contributed by atoms with Crippen LogP contribution in [-0.2, 0) is 10.2 Å². The van der Waals surface area contributed by atoms with Crippen LogP contribution in [0.25, 0.3) is 16.9 Å². The topological polar surface area (TPSA) is 99.5 Å². The molecule has 1 aliphatic rings. The van der Waals surface area contributed by atoms with Gasteiger partial charge in [0, 0.05) is 30.4 Å². The fourth-order valence-corrected chi connectivity index (χ4v) is 4.68. The largest absolute Gasteiger partial charge is 0.347 e. The molecule has 0 bridgehead atoms. The van der Waals surface area contributed by atoms with E-state index in [0.717, 1.165) is 11.1 Å². The Labute approximate surface area is 214 Å². The first kappa shape index (κ1) is 24.6. The summed E-state index contributed by atoms with van der Waals surface area (Å²) in [5.41, 5.74) is 1.68. The number of aryl methyl sites for hydroxylation is 1. The molecule has 0 unspecified atom stereocenters. The van der Waals surface area contributed by atoms with Crippen LogP contribution in [0.5, 0.6) is 0 Å². The lowest BCUT2D eigenvalue weighted by molar-refractivity contribution is -0.129. The first-order valence-electron chi connectivity index (χ1n) is 12.2. The summed E-state index contributed by atoms with van der Waals surface area (Å²) in [6.07, 6.45) is 3.30. The van der Waals surface area contributed by atoms with Crippen molar-refractivity contribution in [1.82, 2.24) is 29.5 Å². The Balaban J connectivity index is 1.52. The highest BCUT2D eigenvalue weighted by molar-refractivity contribution is 6.05. The Morgan fingerprint density at radius 1 is 1.11 bits per heavy atom. The van der Waals surface area contributed by atoms with Gasteiger partial charge in [-0.2, -0.15) is 5.10 Å². The summed E-state index contributed by atoms with van der Waals surface area (Å²) in [6.45, 7) is 12.1. The molecule has 1 aliphatic heterocycles. The molecule has 4 heterocycles. The van der Waals surface area contributed by atoms with E-state index in [4.69, 9.17) is 0 Å². The summed E-state index contributed by atoms with van der Waals surface area (Å²) >= 11 is 0.